The van der Waals surface area contributed by atoms with Gasteiger partial charge < -0.3 is 10.6 Å². The van der Waals surface area contributed by atoms with E-state index in [1.165, 1.54) is 4.90 Å². The Balaban J connectivity index is 2.49. The predicted octanol–water partition coefficient (Wildman–Crippen LogP) is -1.37. The van der Waals surface area contributed by atoms with Crippen molar-refractivity contribution in [3.63, 3.8) is 0 Å². The zero-order valence-corrected chi connectivity index (χ0v) is 7.99. The molecule has 0 aromatic heterocycles. The summed E-state index contributed by atoms with van der Waals surface area (Å²) in [6.07, 6.45) is 0.159. The van der Waals surface area contributed by atoms with Crippen molar-refractivity contribution in [1.29, 1.82) is 0 Å². The van der Waals surface area contributed by atoms with Crippen molar-refractivity contribution in [3.8, 4) is 0 Å². The fourth-order valence-corrected chi connectivity index (χ4v) is 1.24. The minimum absolute atomic E-state index is 0.153. The van der Waals surface area contributed by atoms with E-state index in [1.807, 2.05) is 19.0 Å². The lowest BCUT2D eigenvalue weighted by atomic mass is 10.3. The smallest absolute Gasteiger partial charge is 0.246 e. The van der Waals surface area contributed by atoms with E-state index in [0.717, 1.165) is 0 Å². The summed E-state index contributed by atoms with van der Waals surface area (Å²) in [5, 5.41) is 0. The van der Waals surface area contributed by atoms with Crippen LogP contribution in [0.2, 0.25) is 0 Å². The minimum Gasteiger partial charge on any atom is -0.319 e. The van der Waals surface area contributed by atoms with Gasteiger partial charge in [-0.05, 0) is 14.1 Å². The average Bonchev–Trinajstić information content (AvgIpc) is 2.24. The van der Waals surface area contributed by atoms with Crippen molar-refractivity contribution >= 4 is 11.8 Å². The fourth-order valence-electron chi connectivity index (χ4n) is 1.24. The third kappa shape index (κ3) is 2.26. The Hall–Kier alpha value is -0.940. The molecule has 1 unspecified atom stereocenters. The molecule has 0 aliphatic carbocycles. The maximum Gasteiger partial charge on any atom is 0.246 e. The molecule has 1 rings (SSSR count). The van der Waals surface area contributed by atoms with Crippen LogP contribution in [-0.4, -0.2) is 54.8 Å². The molecular weight excluding hydrogens is 170 g/mol. The van der Waals surface area contributed by atoms with Crippen LogP contribution in [0.15, 0.2) is 0 Å². The Morgan fingerprint density at radius 2 is 2.15 bits per heavy atom. The van der Waals surface area contributed by atoms with Gasteiger partial charge in [0.1, 0.15) is 0 Å². The van der Waals surface area contributed by atoms with Crippen LogP contribution >= 0.6 is 0 Å². The summed E-state index contributed by atoms with van der Waals surface area (Å²) in [4.78, 5) is 25.7. The Bertz CT molecular complexity index is 227. The number of likely N-dealkylation sites (N-methyl/N-ethyl adjacent to an activating group) is 1. The highest BCUT2D eigenvalue weighted by Gasteiger charge is 2.35. The summed E-state index contributed by atoms with van der Waals surface area (Å²) in [7, 11) is 3.79. The second-order valence-corrected chi connectivity index (χ2v) is 3.50. The van der Waals surface area contributed by atoms with E-state index in [2.05, 4.69) is 0 Å². The number of nitrogens with zero attached hydrogens (tertiary/aromatic N) is 2. The van der Waals surface area contributed by atoms with E-state index in [0.29, 0.717) is 13.1 Å². The molecule has 2 amide bonds. The SMILES string of the molecule is CN(C)CCN1C(=O)CC(N)C1=O. The van der Waals surface area contributed by atoms with E-state index in [1.54, 1.807) is 0 Å². The third-order valence-corrected chi connectivity index (χ3v) is 2.05. The Morgan fingerprint density at radius 3 is 2.54 bits per heavy atom. The first-order valence-electron chi connectivity index (χ1n) is 4.27. The van der Waals surface area contributed by atoms with Gasteiger partial charge in [-0.15, -0.1) is 0 Å². The molecule has 0 spiro atoms. The molecule has 0 saturated carbocycles. The van der Waals surface area contributed by atoms with Crippen LogP contribution in [0.4, 0.5) is 0 Å². The van der Waals surface area contributed by atoms with Gasteiger partial charge in [0.15, 0.2) is 0 Å². The van der Waals surface area contributed by atoms with Crippen molar-refractivity contribution in [3.05, 3.63) is 0 Å². The van der Waals surface area contributed by atoms with E-state index >= 15 is 0 Å². The third-order valence-electron chi connectivity index (χ3n) is 2.05. The maximum atomic E-state index is 11.3. The normalized spacial score (nSPS) is 23.4. The molecule has 13 heavy (non-hydrogen) atoms. The topological polar surface area (TPSA) is 66.6 Å². The number of rotatable bonds is 3. The van der Waals surface area contributed by atoms with Gasteiger partial charge in [0.05, 0.1) is 12.5 Å². The molecule has 1 fully saturated rings. The molecule has 1 atom stereocenters. The van der Waals surface area contributed by atoms with Crippen LogP contribution in [0.25, 0.3) is 0 Å². The summed E-state index contributed by atoms with van der Waals surface area (Å²) in [5.74, 6) is -0.397. The average molecular weight is 185 g/mol. The highest BCUT2D eigenvalue weighted by atomic mass is 16.2. The van der Waals surface area contributed by atoms with E-state index in [4.69, 9.17) is 5.73 Å². The number of amides is 2. The van der Waals surface area contributed by atoms with E-state index in [-0.39, 0.29) is 18.2 Å². The first kappa shape index (κ1) is 10.1. The van der Waals surface area contributed by atoms with Crippen molar-refractivity contribution in [2.75, 3.05) is 27.2 Å². The number of likely N-dealkylation sites (tertiary alicyclic amines) is 1. The van der Waals surface area contributed by atoms with E-state index in [9.17, 15) is 9.59 Å². The minimum atomic E-state index is -0.616. The lowest BCUT2D eigenvalue weighted by molar-refractivity contribution is -0.138. The lowest BCUT2D eigenvalue weighted by Gasteiger charge is -2.16. The molecule has 1 aliphatic heterocycles. The molecule has 2 N–H and O–H groups in total. The van der Waals surface area contributed by atoms with Crippen molar-refractivity contribution in [2.24, 2.45) is 5.73 Å². The summed E-state index contributed by atoms with van der Waals surface area (Å²) in [5.41, 5.74) is 5.44. The molecule has 5 heteroatoms. The van der Waals surface area contributed by atoms with Crippen LogP contribution in [0.5, 0.6) is 0 Å². The highest BCUT2D eigenvalue weighted by Crippen LogP contribution is 2.10. The van der Waals surface area contributed by atoms with Gasteiger partial charge in [0, 0.05) is 13.1 Å². The fraction of sp³-hybridized carbons (Fsp3) is 0.750. The standard InChI is InChI=1S/C8H15N3O2/c1-10(2)3-4-11-7(12)5-6(9)8(11)13/h6H,3-5,9H2,1-2H3. The molecule has 5 nitrogen and oxygen atoms in total. The predicted molar refractivity (Wildman–Crippen MR) is 47.9 cm³/mol. The highest BCUT2D eigenvalue weighted by molar-refractivity contribution is 6.05. The van der Waals surface area contributed by atoms with Gasteiger partial charge in [0.25, 0.3) is 0 Å². The number of carbonyl (C=O) groups is 2. The molecule has 74 valence electrons. The molecule has 1 heterocycles. The molecule has 0 aromatic carbocycles. The Kier molecular flexibility index (Phi) is 3.00. The molecule has 1 saturated heterocycles. The summed E-state index contributed by atoms with van der Waals surface area (Å²) in [6, 6.07) is -0.616. The van der Waals surface area contributed by atoms with Crippen molar-refractivity contribution in [1.82, 2.24) is 9.80 Å². The first-order valence-corrected chi connectivity index (χ1v) is 4.27. The van der Waals surface area contributed by atoms with Crippen molar-refractivity contribution in [2.45, 2.75) is 12.5 Å². The van der Waals surface area contributed by atoms with Crippen LogP contribution in [0, 0.1) is 0 Å². The number of hydrogen-bond acceptors (Lipinski definition) is 4. The van der Waals surface area contributed by atoms with Crippen LogP contribution in [0.3, 0.4) is 0 Å². The number of imide groups is 1. The molecule has 0 aromatic rings. The Morgan fingerprint density at radius 1 is 1.54 bits per heavy atom. The number of carbonyl (C=O) groups excluding carboxylic acids is 2. The molecule has 0 bridgehead atoms. The summed E-state index contributed by atoms with van der Waals surface area (Å²) < 4.78 is 0. The second kappa shape index (κ2) is 3.85. The molecule has 0 radical (unpaired) electrons. The molecular formula is C8H15N3O2. The van der Waals surface area contributed by atoms with Gasteiger partial charge >= 0.3 is 0 Å². The van der Waals surface area contributed by atoms with Crippen molar-refractivity contribution < 1.29 is 9.59 Å². The van der Waals surface area contributed by atoms with Gasteiger partial charge in [-0.3, -0.25) is 14.5 Å². The summed E-state index contributed by atoms with van der Waals surface area (Å²) >= 11 is 0. The van der Waals surface area contributed by atoms with Gasteiger partial charge in [-0.2, -0.15) is 0 Å². The second-order valence-electron chi connectivity index (χ2n) is 3.50. The lowest BCUT2D eigenvalue weighted by Crippen LogP contribution is -2.39. The van der Waals surface area contributed by atoms with Gasteiger partial charge in [-0.25, -0.2) is 0 Å². The summed E-state index contributed by atoms with van der Waals surface area (Å²) in [6.45, 7) is 1.13. The zero-order valence-electron chi connectivity index (χ0n) is 7.99. The number of nitrogens with two attached hydrogens (primary N) is 1. The molecule has 1 aliphatic rings. The largest absolute Gasteiger partial charge is 0.319 e. The zero-order chi connectivity index (χ0) is 10.0. The van der Waals surface area contributed by atoms with Crippen LogP contribution < -0.4 is 5.73 Å². The Labute approximate surface area is 77.5 Å². The van der Waals surface area contributed by atoms with Gasteiger partial charge in [-0.1, -0.05) is 0 Å². The maximum absolute atomic E-state index is 11.3. The van der Waals surface area contributed by atoms with Gasteiger partial charge in [0.2, 0.25) is 11.8 Å². The van der Waals surface area contributed by atoms with Crippen LogP contribution in [-0.2, 0) is 9.59 Å². The van der Waals surface area contributed by atoms with Crippen LogP contribution in [0.1, 0.15) is 6.42 Å². The quantitative estimate of drug-likeness (QED) is 0.551. The number of hydrogen-bond donors (Lipinski definition) is 1. The van der Waals surface area contributed by atoms with E-state index < -0.39 is 6.04 Å². The monoisotopic (exact) mass is 185 g/mol. The first-order chi connectivity index (χ1) is 6.02.